The summed E-state index contributed by atoms with van der Waals surface area (Å²) in [7, 11) is 0. The van der Waals surface area contributed by atoms with Gasteiger partial charge in [-0.3, -0.25) is 4.79 Å². The molecule has 0 bridgehead atoms. The molecule has 2 aromatic carbocycles. The number of amides is 1. The smallest absolute Gasteiger partial charge is 0.335 e. The van der Waals surface area contributed by atoms with Crippen molar-refractivity contribution in [3.8, 4) is 0 Å². The Morgan fingerprint density at radius 2 is 1.57 bits per heavy atom. The normalized spacial score (nSPS) is 10.2. The van der Waals surface area contributed by atoms with Crippen LogP contribution in [0, 0.1) is 20.8 Å². The molecule has 0 heterocycles. The summed E-state index contributed by atoms with van der Waals surface area (Å²) in [6.45, 7) is 5.58. The molecule has 108 valence electrons. The standard InChI is InChI=1S/C17H17NO3/c1-10-7-8-13(17(20)21)9-14(10)18-16(19)15-11(2)5-4-6-12(15)3/h4-9H,1-3H3,(H,18,19)(H,20,21). The van der Waals surface area contributed by atoms with E-state index in [9.17, 15) is 9.59 Å². The first-order valence-electron chi connectivity index (χ1n) is 6.61. The first-order chi connectivity index (χ1) is 9.90. The molecule has 0 spiro atoms. The van der Waals surface area contributed by atoms with Crippen LogP contribution in [0.1, 0.15) is 37.4 Å². The topological polar surface area (TPSA) is 66.4 Å². The Morgan fingerprint density at radius 1 is 0.952 bits per heavy atom. The highest BCUT2D eigenvalue weighted by molar-refractivity contribution is 6.07. The third-order valence-corrected chi connectivity index (χ3v) is 3.44. The molecule has 2 rings (SSSR count). The molecule has 2 aromatic rings. The molecular formula is C17H17NO3. The van der Waals surface area contributed by atoms with E-state index in [4.69, 9.17) is 5.11 Å². The average Bonchev–Trinajstić information content (AvgIpc) is 2.40. The molecule has 4 nitrogen and oxygen atoms in total. The van der Waals surface area contributed by atoms with Gasteiger partial charge < -0.3 is 10.4 Å². The number of aromatic carboxylic acids is 1. The van der Waals surface area contributed by atoms with Crippen LogP contribution in [0.5, 0.6) is 0 Å². The third-order valence-electron chi connectivity index (χ3n) is 3.44. The zero-order valence-corrected chi connectivity index (χ0v) is 12.2. The first-order valence-corrected chi connectivity index (χ1v) is 6.61. The molecule has 0 saturated heterocycles. The van der Waals surface area contributed by atoms with Crippen LogP contribution < -0.4 is 5.32 Å². The number of hydrogen-bond donors (Lipinski definition) is 2. The Labute approximate surface area is 123 Å². The quantitative estimate of drug-likeness (QED) is 0.905. The van der Waals surface area contributed by atoms with Gasteiger partial charge in [0.15, 0.2) is 0 Å². The van der Waals surface area contributed by atoms with Crippen molar-refractivity contribution < 1.29 is 14.7 Å². The number of anilines is 1. The Bertz CT molecular complexity index is 700. The third kappa shape index (κ3) is 3.11. The number of carboxylic acids is 1. The lowest BCUT2D eigenvalue weighted by Crippen LogP contribution is -2.16. The number of nitrogens with one attached hydrogen (secondary N) is 1. The van der Waals surface area contributed by atoms with E-state index in [1.165, 1.54) is 12.1 Å². The highest BCUT2D eigenvalue weighted by Crippen LogP contribution is 2.20. The summed E-state index contributed by atoms with van der Waals surface area (Å²) in [5.74, 6) is -1.24. The van der Waals surface area contributed by atoms with E-state index in [2.05, 4.69) is 5.32 Å². The summed E-state index contributed by atoms with van der Waals surface area (Å²) in [4.78, 5) is 23.4. The van der Waals surface area contributed by atoms with E-state index in [1.54, 1.807) is 6.07 Å². The average molecular weight is 283 g/mol. The molecule has 0 fully saturated rings. The zero-order chi connectivity index (χ0) is 15.6. The second-order valence-electron chi connectivity index (χ2n) is 5.06. The highest BCUT2D eigenvalue weighted by Gasteiger charge is 2.14. The number of hydrogen-bond acceptors (Lipinski definition) is 2. The van der Waals surface area contributed by atoms with Crippen LogP contribution in [-0.2, 0) is 0 Å². The number of carbonyl (C=O) groups excluding carboxylic acids is 1. The number of rotatable bonds is 3. The van der Waals surface area contributed by atoms with Crippen molar-refractivity contribution in [1.82, 2.24) is 0 Å². The van der Waals surface area contributed by atoms with Crippen molar-refractivity contribution in [2.45, 2.75) is 20.8 Å². The predicted octanol–water partition coefficient (Wildman–Crippen LogP) is 3.56. The fourth-order valence-corrected chi connectivity index (χ4v) is 2.25. The minimum atomic E-state index is -1.02. The van der Waals surface area contributed by atoms with Gasteiger partial charge in [-0.05, 0) is 49.6 Å². The monoisotopic (exact) mass is 283 g/mol. The van der Waals surface area contributed by atoms with Gasteiger partial charge in [-0.25, -0.2) is 4.79 Å². The SMILES string of the molecule is Cc1ccc(C(=O)O)cc1NC(=O)c1c(C)cccc1C. The van der Waals surface area contributed by atoms with Crippen LogP contribution in [0.3, 0.4) is 0 Å². The molecule has 1 amide bonds. The lowest BCUT2D eigenvalue weighted by Gasteiger charge is -2.12. The Balaban J connectivity index is 2.36. The van der Waals surface area contributed by atoms with Crippen molar-refractivity contribution in [3.05, 3.63) is 64.2 Å². The minimum Gasteiger partial charge on any atom is -0.478 e. The van der Waals surface area contributed by atoms with E-state index >= 15 is 0 Å². The molecule has 0 aliphatic heterocycles. The number of aryl methyl sites for hydroxylation is 3. The molecule has 4 heteroatoms. The van der Waals surface area contributed by atoms with E-state index in [0.717, 1.165) is 16.7 Å². The maximum Gasteiger partial charge on any atom is 0.335 e. The van der Waals surface area contributed by atoms with Crippen LogP contribution in [0.2, 0.25) is 0 Å². The molecule has 0 radical (unpaired) electrons. The van der Waals surface area contributed by atoms with Gasteiger partial charge in [-0.1, -0.05) is 24.3 Å². The van der Waals surface area contributed by atoms with Crippen molar-refractivity contribution >= 4 is 17.6 Å². The first kappa shape index (κ1) is 14.8. The number of benzene rings is 2. The van der Waals surface area contributed by atoms with Crippen molar-refractivity contribution in [3.63, 3.8) is 0 Å². The van der Waals surface area contributed by atoms with E-state index in [-0.39, 0.29) is 11.5 Å². The number of carbonyl (C=O) groups is 2. The summed E-state index contributed by atoms with van der Waals surface area (Å²) >= 11 is 0. The molecular weight excluding hydrogens is 266 g/mol. The Kier molecular flexibility index (Phi) is 4.08. The number of carboxylic acid groups (broad SMARTS) is 1. The summed E-state index contributed by atoms with van der Waals surface area (Å²) in [6.07, 6.45) is 0. The second-order valence-corrected chi connectivity index (χ2v) is 5.06. The zero-order valence-electron chi connectivity index (χ0n) is 12.2. The van der Waals surface area contributed by atoms with Gasteiger partial charge in [0.25, 0.3) is 5.91 Å². The maximum absolute atomic E-state index is 12.4. The van der Waals surface area contributed by atoms with Crippen LogP contribution in [0.25, 0.3) is 0 Å². The van der Waals surface area contributed by atoms with Gasteiger partial charge >= 0.3 is 5.97 Å². The van der Waals surface area contributed by atoms with Crippen molar-refractivity contribution in [2.75, 3.05) is 5.32 Å². The van der Waals surface area contributed by atoms with Crippen molar-refractivity contribution in [1.29, 1.82) is 0 Å². The van der Waals surface area contributed by atoms with Gasteiger partial charge in [0.1, 0.15) is 0 Å². The predicted molar refractivity (Wildman–Crippen MR) is 82.0 cm³/mol. The lowest BCUT2D eigenvalue weighted by molar-refractivity contribution is 0.0696. The molecule has 0 unspecified atom stereocenters. The van der Waals surface area contributed by atoms with Gasteiger partial charge in [0.05, 0.1) is 5.56 Å². The fraction of sp³-hybridized carbons (Fsp3) is 0.176. The summed E-state index contributed by atoms with van der Waals surface area (Å²) in [5.41, 5.74) is 3.89. The molecule has 0 atom stereocenters. The summed E-state index contributed by atoms with van der Waals surface area (Å²) in [6, 6.07) is 10.3. The molecule has 0 aliphatic rings. The van der Waals surface area contributed by atoms with Gasteiger partial charge in [-0.2, -0.15) is 0 Å². The second kappa shape index (κ2) is 5.79. The van der Waals surface area contributed by atoms with Gasteiger partial charge in [0.2, 0.25) is 0 Å². The Hall–Kier alpha value is -2.62. The highest BCUT2D eigenvalue weighted by atomic mass is 16.4. The van der Waals surface area contributed by atoms with Gasteiger partial charge in [0, 0.05) is 11.3 Å². The molecule has 0 aromatic heterocycles. The molecule has 0 aliphatic carbocycles. The van der Waals surface area contributed by atoms with Crippen LogP contribution in [0.4, 0.5) is 5.69 Å². The Morgan fingerprint density at radius 3 is 2.14 bits per heavy atom. The van der Waals surface area contributed by atoms with E-state index < -0.39 is 5.97 Å². The maximum atomic E-state index is 12.4. The van der Waals surface area contributed by atoms with Crippen LogP contribution in [0.15, 0.2) is 36.4 Å². The lowest BCUT2D eigenvalue weighted by atomic mass is 10.0. The molecule has 0 saturated carbocycles. The fourth-order valence-electron chi connectivity index (χ4n) is 2.25. The van der Waals surface area contributed by atoms with Crippen molar-refractivity contribution in [2.24, 2.45) is 0 Å². The van der Waals surface area contributed by atoms with Crippen LogP contribution in [-0.4, -0.2) is 17.0 Å². The summed E-state index contributed by atoms with van der Waals surface area (Å²) in [5, 5.41) is 11.8. The van der Waals surface area contributed by atoms with Gasteiger partial charge in [-0.15, -0.1) is 0 Å². The van der Waals surface area contributed by atoms with E-state index in [0.29, 0.717) is 11.3 Å². The van der Waals surface area contributed by atoms with E-state index in [1.807, 2.05) is 39.0 Å². The molecule has 21 heavy (non-hydrogen) atoms. The minimum absolute atomic E-state index is 0.150. The summed E-state index contributed by atoms with van der Waals surface area (Å²) < 4.78 is 0. The molecule has 2 N–H and O–H groups in total. The largest absolute Gasteiger partial charge is 0.478 e. The van der Waals surface area contributed by atoms with Crippen LogP contribution >= 0.6 is 0 Å².